The number of halogens is 1. The standard InChI is InChI=1S/C13H15N3O7.C7H7N3O4.C6H9ClO3/c1-14(12(17)4-3-5-13(18)23-2)10-7-6-9(15(19)20)8-11(10)16(21)22;1-8-6-3-2-5(9(11)12)4-7(6)10(13)14;1-10-6(9)4-2-3-5(7)8/h6-8H,3-5H2,1-2H3;2-4,8H,1H3;2-4H2,1H3. The molecule has 47 heavy (non-hydrogen) atoms. The van der Waals surface area contributed by atoms with Gasteiger partial charge in [-0.1, -0.05) is 0 Å². The van der Waals surface area contributed by atoms with Crippen LogP contribution < -0.4 is 10.2 Å². The van der Waals surface area contributed by atoms with E-state index in [0.717, 1.165) is 29.2 Å². The second-order valence-corrected chi connectivity index (χ2v) is 9.24. The number of hydrogen-bond acceptors (Lipinski definition) is 15. The predicted molar refractivity (Wildman–Crippen MR) is 165 cm³/mol. The highest BCUT2D eigenvalue weighted by molar-refractivity contribution is 6.63. The summed E-state index contributed by atoms with van der Waals surface area (Å²) in [6, 6.07) is 6.46. The maximum atomic E-state index is 12.0. The number of non-ortho nitro benzene ring substituents is 2. The van der Waals surface area contributed by atoms with Crippen LogP contribution in [0.4, 0.5) is 34.1 Å². The Morgan fingerprint density at radius 1 is 0.723 bits per heavy atom. The van der Waals surface area contributed by atoms with Gasteiger partial charge in [-0.3, -0.25) is 59.6 Å². The minimum absolute atomic E-state index is 0.0141. The molecule has 0 fully saturated rings. The van der Waals surface area contributed by atoms with Gasteiger partial charge >= 0.3 is 11.9 Å². The molecule has 0 radical (unpaired) electrons. The number of carbonyl (C=O) groups excluding carboxylic acids is 4. The summed E-state index contributed by atoms with van der Waals surface area (Å²) >= 11 is 5.01. The third-order valence-electron chi connectivity index (χ3n) is 5.74. The quantitative estimate of drug-likeness (QED) is 0.124. The number of nitrogens with one attached hydrogen (secondary N) is 1. The van der Waals surface area contributed by atoms with E-state index in [9.17, 15) is 59.6 Å². The van der Waals surface area contributed by atoms with Crippen molar-refractivity contribution in [1.82, 2.24) is 0 Å². The maximum Gasteiger partial charge on any atom is 0.305 e. The Labute approximate surface area is 271 Å². The summed E-state index contributed by atoms with van der Waals surface area (Å²) < 4.78 is 8.79. The van der Waals surface area contributed by atoms with E-state index in [2.05, 4.69) is 14.8 Å². The highest BCUT2D eigenvalue weighted by atomic mass is 35.5. The fraction of sp³-hybridized carbons (Fsp3) is 0.385. The molecular weight excluding hydrogens is 656 g/mol. The molecular formula is C26H31ClN6O14. The third-order valence-corrected chi connectivity index (χ3v) is 5.93. The summed E-state index contributed by atoms with van der Waals surface area (Å²) in [5.74, 6) is -1.22. The van der Waals surface area contributed by atoms with E-state index in [1.807, 2.05) is 0 Å². The molecule has 0 aliphatic carbocycles. The van der Waals surface area contributed by atoms with Crippen molar-refractivity contribution in [1.29, 1.82) is 0 Å². The van der Waals surface area contributed by atoms with Gasteiger partial charge in [0.05, 0.1) is 46.0 Å². The van der Waals surface area contributed by atoms with Crippen LogP contribution >= 0.6 is 11.6 Å². The summed E-state index contributed by atoms with van der Waals surface area (Å²) in [5.41, 5.74) is -1.38. The Morgan fingerprint density at radius 3 is 1.57 bits per heavy atom. The van der Waals surface area contributed by atoms with Crippen molar-refractivity contribution in [3.8, 4) is 0 Å². The average molecular weight is 687 g/mol. The lowest BCUT2D eigenvalue weighted by molar-refractivity contribution is -0.393. The maximum absolute atomic E-state index is 12.0. The Balaban J connectivity index is 0.000000748. The normalized spacial score (nSPS) is 9.64. The average Bonchev–Trinajstić information content (AvgIpc) is 3.03. The highest BCUT2D eigenvalue weighted by Gasteiger charge is 2.25. The minimum atomic E-state index is -0.791. The van der Waals surface area contributed by atoms with Crippen LogP contribution in [0, 0.1) is 40.5 Å². The molecule has 21 heteroatoms. The number of methoxy groups -OCH3 is 2. The van der Waals surface area contributed by atoms with Gasteiger partial charge < -0.3 is 19.7 Å². The van der Waals surface area contributed by atoms with Crippen molar-refractivity contribution >= 4 is 68.8 Å². The molecule has 20 nitrogen and oxygen atoms in total. The van der Waals surface area contributed by atoms with Crippen LogP contribution in [-0.2, 0) is 28.7 Å². The van der Waals surface area contributed by atoms with Crippen LogP contribution in [-0.4, -0.2) is 71.1 Å². The fourth-order valence-electron chi connectivity index (χ4n) is 3.31. The fourth-order valence-corrected chi connectivity index (χ4v) is 3.45. The van der Waals surface area contributed by atoms with Gasteiger partial charge in [0.15, 0.2) is 0 Å². The van der Waals surface area contributed by atoms with E-state index >= 15 is 0 Å². The molecule has 1 N–H and O–H groups in total. The third kappa shape index (κ3) is 15.2. The molecule has 0 aromatic heterocycles. The molecule has 0 unspecified atom stereocenters. The molecule has 2 aromatic carbocycles. The monoisotopic (exact) mass is 686 g/mol. The second kappa shape index (κ2) is 21.0. The molecule has 0 bridgehead atoms. The summed E-state index contributed by atoms with van der Waals surface area (Å²) in [6.45, 7) is 0. The first-order valence-electron chi connectivity index (χ1n) is 13.1. The van der Waals surface area contributed by atoms with Gasteiger partial charge in [0.1, 0.15) is 11.4 Å². The number of carbonyl (C=O) groups is 4. The first-order chi connectivity index (χ1) is 22.0. The van der Waals surface area contributed by atoms with E-state index in [1.165, 1.54) is 40.4 Å². The van der Waals surface area contributed by atoms with Crippen molar-refractivity contribution in [3.63, 3.8) is 0 Å². The van der Waals surface area contributed by atoms with Crippen molar-refractivity contribution in [2.24, 2.45) is 0 Å². The van der Waals surface area contributed by atoms with E-state index in [4.69, 9.17) is 11.6 Å². The molecule has 0 aliphatic rings. The number of nitro benzene ring substituents is 4. The highest BCUT2D eigenvalue weighted by Crippen LogP contribution is 2.32. The molecule has 2 rings (SSSR count). The van der Waals surface area contributed by atoms with Crippen LogP contribution in [0.3, 0.4) is 0 Å². The lowest BCUT2D eigenvalue weighted by atomic mass is 10.2. The summed E-state index contributed by atoms with van der Waals surface area (Å²) in [7, 11) is 5.38. The predicted octanol–water partition coefficient (Wildman–Crippen LogP) is 4.45. The Morgan fingerprint density at radius 2 is 1.17 bits per heavy atom. The van der Waals surface area contributed by atoms with Gasteiger partial charge in [0.2, 0.25) is 11.1 Å². The molecule has 0 spiro atoms. The summed E-state index contributed by atoms with van der Waals surface area (Å²) in [4.78, 5) is 84.3. The van der Waals surface area contributed by atoms with E-state index in [0.29, 0.717) is 6.42 Å². The van der Waals surface area contributed by atoms with Gasteiger partial charge in [-0.05, 0) is 36.6 Å². The van der Waals surface area contributed by atoms with Gasteiger partial charge in [-0.15, -0.1) is 0 Å². The van der Waals surface area contributed by atoms with Crippen LogP contribution in [0.25, 0.3) is 0 Å². The number of rotatable bonds is 14. The number of amides is 1. The van der Waals surface area contributed by atoms with E-state index in [1.54, 1.807) is 0 Å². The first-order valence-corrected chi connectivity index (χ1v) is 13.5. The zero-order valence-corrected chi connectivity index (χ0v) is 26.3. The zero-order chi connectivity index (χ0) is 36.3. The second-order valence-electron chi connectivity index (χ2n) is 8.82. The number of nitrogens with zero attached hydrogens (tertiary/aromatic N) is 5. The van der Waals surface area contributed by atoms with Gasteiger partial charge in [0, 0.05) is 51.9 Å². The summed E-state index contributed by atoms with van der Waals surface area (Å²) in [6.07, 6.45) is 1.23. The lowest BCUT2D eigenvalue weighted by Crippen LogP contribution is -2.26. The number of benzene rings is 2. The Kier molecular flexibility index (Phi) is 18.4. The number of anilines is 2. The van der Waals surface area contributed by atoms with Crippen LogP contribution in [0.15, 0.2) is 36.4 Å². The number of hydrogen-bond donors (Lipinski definition) is 1. The van der Waals surface area contributed by atoms with Crippen molar-refractivity contribution < 1.29 is 48.3 Å². The zero-order valence-electron chi connectivity index (χ0n) is 25.5. The van der Waals surface area contributed by atoms with Crippen molar-refractivity contribution in [2.45, 2.75) is 38.5 Å². The SMILES string of the molecule is CNc1ccc([N+](=O)[O-])cc1[N+](=O)[O-].COC(=O)CCCC(=O)Cl.COC(=O)CCCC(=O)N(C)c1ccc([N+](=O)[O-])cc1[N+](=O)[O-]. The van der Waals surface area contributed by atoms with Gasteiger partial charge in [0.25, 0.3) is 22.7 Å². The van der Waals surface area contributed by atoms with Gasteiger partial charge in [-0.2, -0.15) is 0 Å². The number of ether oxygens (including phenoxy) is 2. The molecule has 1 amide bonds. The molecule has 0 saturated carbocycles. The first kappa shape index (κ1) is 41.2. The largest absolute Gasteiger partial charge is 0.469 e. The molecule has 0 saturated heterocycles. The van der Waals surface area contributed by atoms with Crippen LogP contribution in [0.5, 0.6) is 0 Å². The van der Waals surface area contributed by atoms with Crippen molar-refractivity contribution in [2.75, 3.05) is 38.5 Å². The van der Waals surface area contributed by atoms with Gasteiger partial charge in [-0.25, -0.2) is 0 Å². The minimum Gasteiger partial charge on any atom is -0.469 e. The topological polar surface area (TPSA) is 275 Å². The van der Waals surface area contributed by atoms with Crippen LogP contribution in [0.2, 0.25) is 0 Å². The molecule has 256 valence electrons. The Bertz CT molecular complexity index is 1490. The molecule has 2 aromatic rings. The summed E-state index contributed by atoms with van der Waals surface area (Å²) in [5, 5.41) is 44.7. The smallest absolute Gasteiger partial charge is 0.305 e. The van der Waals surface area contributed by atoms with Crippen molar-refractivity contribution in [3.05, 3.63) is 76.9 Å². The van der Waals surface area contributed by atoms with E-state index < -0.39 is 48.2 Å². The van der Waals surface area contributed by atoms with E-state index in [-0.39, 0.29) is 60.8 Å². The molecule has 0 atom stereocenters. The molecule has 0 aliphatic heterocycles. The Hall–Kier alpha value is -5.79. The number of esters is 2. The van der Waals surface area contributed by atoms with Crippen LogP contribution in [0.1, 0.15) is 38.5 Å². The lowest BCUT2D eigenvalue weighted by Gasteiger charge is -2.17. The number of nitro groups is 4. The molecule has 0 heterocycles.